The van der Waals surface area contributed by atoms with E-state index in [-0.39, 0.29) is 12.2 Å². The lowest BCUT2D eigenvalue weighted by atomic mass is 10.1. The maximum atomic E-state index is 11.9. The molecule has 0 radical (unpaired) electrons. The fourth-order valence-electron chi connectivity index (χ4n) is 2.02. The van der Waals surface area contributed by atoms with Gasteiger partial charge in [0.15, 0.2) is 11.3 Å². The summed E-state index contributed by atoms with van der Waals surface area (Å²) in [6.45, 7) is 0.110. The van der Waals surface area contributed by atoms with Crippen molar-refractivity contribution in [3.8, 4) is 5.75 Å². The third-order valence-corrected chi connectivity index (χ3v) is 2.87. The summed E-state index contributed by atoms with van der Waals surface area (Å²) in [4.78, 5) is 22.9. The van der Waals surface area contributed by atoms with E-state index in [4.69, 9.17) is 18.6 Å². The van der Waals surface area contributed by atoms with Crippen molar-refractivity contribution in [1.29, 1.82) is 0 Å². The third kappa shape index (κ3) is 2.25. The summed E-state index contributed by atoms with van der Waals surface area (Å²) >= 11 is 0. The van der Waals surface area contributed by atoms with Crippen LogP contribution in [-0.2, 0) is 16.1 Å². The second-order valence-electron chi connectivity index (χ2n) is 4.04. The zero-order valence-corrected chi connectivity index (χ0v) is 11.4. The molecule has 20 heavy (non-hydrogen) atoms. The molecule has 2 aromatic rings. The van der Waals surface area contributed by atoms with Gasteiger partial charge in [0.05, 0.1) is 14.2 Å². The van der Waals surface area contributed by atoms with Gasteiger partial charge in [0.2, 0.25) is 0 Å². The van der Waals surface area contributed by atoms with Gasteiger partial charge in [0, 0.05) is 18.1 Å². The highest BCUT2D eigenvalue weighted by molar-refractivity contribution is 6.07. The summed E-state index contributed by atoms with van der Waals surface area (Å²) in [5, 5.41) is 0.463. The average molecular weight is 278 g/mol. The first kappa shape index (κ1) is 14.1. The smallest absolute Gasteiger partial charge is 0.342 e. The van der Waals surface area contributed by atoms with Crippen LogP contribution in [0.1, 0.15) is 26.5 Å². The van der Waals surface area contributed by atoms with Crippen LogP contribution in [-0.4, -0.2) is 33.6 Å². The molecule has 0 spiro atoms. The number of benzene rings is 1. The normalized spacial score (nSPS) is 10.6. The molecule has 0 amide bonds. The predicted octanol–water partition coefficient (Wildman–Crippen LogP) is 2.19. The van der Waals surface area contributed by atoms with Gasteiger partial charge in [-0.05, 0) is 12.1 Å². The van der Waals surface area contributed by atoms with Crippen molar-refractivity contribution in [2.45, 2.75) is 6.61 Å². The fourth-order valence-corrected chi connectivity index (χ4v) is 2.02. The van der Waals surface area contributed by atoms with E-state index in [0.717, 1.165) is 0 Å². The number of fused-ring (bicyclic) bond motifs is 1. The Bertz CT molecular complexity index is 655. The highest BCUT2D eigenvalue weighted by atomic mass is 16.5. The first-order valence-electron chi connectivity index (χ1n) is 5.82. The number of carbonyl (C=O) groups is 2. The zero-order chi connectivity index (χ0) is 14.7. The first-order valence-corrected chi connectivity index (χ1v) is 5.82. The predicted molar refractivity (Wildman–Crippen MR) is 70.2 cm³/mol. The number of aldehydes is 1. The van der Waals surface area contributed by atoms with E-state index in [0.29, 0.717) is 34.3 Å². The van der Waals surface area contributed by atoms with E-state index in [1.54, 1.807) is 6.07 Å². The summed E-state index contributed by atoms with van der Waals surface area (Å²) in [7, 11) is 4.22. The van der Waals surface area contributed by atoms with Crippen molar-refractivity contribution in [1.82, 2.24) is 0 Å². The molecule has 1 aromatic heterocycles. The Morgan fingerprint density at radius 3 is 2.60 bits per heavy atom. The molecular formula is C14H14O6. The second kappa shape index (κ2) is 5.75. The van der Waals surface area contributed by atoms with E-state index in [2.05, 4.69) is 0 Å². The van der Waals surface area contributed by atoms with E-state index in [9.17, 15) is 9.59 Å². The zero-order valence-electron chi connectivity index (χ0n) is 11.4. The largest absolute Gasteiger partial charge is 0.493 e. The Hall–Kier alpha value is -2.34. The number of esters is 1. The van der Waals surface area contributed by atoms with Crippen LogP contribution in [0.2, 0.25) is 0 Å². The van der Waals surface area contributed by atoms with Gasteiger partial charge in [-0.15, -0.1) is 0 Å². The number of ether oxygens (including phenoxy) is 3. The molecule has 0 bridgehead atoms. The summed E-state index contributed by atoms with van der Waals surface area (Å²) in [5.74, 6) is 0.147. The topological polar surface area (TPSA) is 75.0 Å². The Morgan fingerprint density at radius 1 is 1.30 bits per heavy atom. The summed E-state index contributed by atoms with van der Waals surface area (Å²) < 4.78 is 20.6. The van der Waals surface area contributed by atoms with Crippen molar-refractivity contribution < 1.29 is 28.2 Å². The van der Waals surface area contributed by atoms with Crippen LogP contribution in [0, 0.1) is 0 Å². The van der Waals surface area contributed by atoms with Crippen molar-refractivity contribution in [3.05, 3.63) is 29.0 Å². The first-order chi connectivity index (χ1) is 9.65. The fraction of sp³-hybridized carbons (Fsp3) is 0.286. The van der Waals surface area contributed by atoms with Gasteiger partial charge in [-0.1, -0.05) is 0 Å². The maximum Gasteiger partial charge on any atom is 0.342 e. The molecule has 0 aliphatic heterocycles. The van der Waals surface area contributed by atoms with Crippen molar-refractivity contribution in [2.75, 3.05) is 21.3 Å². The lowest BCUT2D eigenvalue weighted by Gasteiger charge is -2.02. The molecule has 0 unspecified atom stereocenters. The van der Waals surface area contributed by atoms with Gasteiger partial charge in [0.1, 0.15) is 24.2 Å². The van der Waals surface area contributed by atoms with Crippen LogP contribution >= 0.6 is 0 Å². The highest BCUT2D eigenvalue weighted by Crippen LogP contribution is 2.34. The van der Waals surface area contributed by atoms with Crippen LogP contribution in [0.15, 0.2) is 16.5 Å². The van der Waals surface area contributed by atoms with Gasteiger partial charge in [-0.3, -0.25) is 4.79 Å². The lowest BCUT2D eigenvalue weighted by Crippen LogP contribution is -2.04. The molecule has 0 aliphatic rings. The van der Waals surface area contributed by atoms with Gasteiger partial charge in [0.25, 0.3) is 0 Å². The molecule has 6 heteroatoms. The second-order valence-corrected chi connectivity index (χ2v) is 4.04. The van der Waals surface area contributed by atoms with Gasteiger partial charge in [-0.25, -0.2) is 4.79 Å². The number of hydrogen-bond donors (Lipinski definition) is 0. The molecule has 0 aliphatic carbocycles. The number of carbonyl (C=O) groups excluding carboxylic acids is 2. The van der Waals surface area contributed by atoms with Crippen molar-refractivity contribution in [3.63, 3.8) is 0 Å². The minimum Gasteiger partial charge on any atom is -0.493 e. The van der Waals surface area contributed by atoms with Gasteiger partial charge < -0.3 is 18.6 Å². The van der Waals surface area contributed by atoms with Crippen LogP contribution in [0.3, 0.4) is 0 Å². The third-order valence-electron chi connectivity index (χ3n) is 2.87. The van der Waals surface area contributed by atoms with E-state index in [1.165, 1.54) is 27.4 Å². The summed E-state index contributed by atoms with van der Waals surface area (Å²) in [6.07, 6.45) is 0.673. The van der Waals surface area contributed by atoms with Crippen LogP contribution in [0.5, 0.6) is 5.75 Å². The molecule has 1 heterocycles. The molecule has 1 aromatic carbocycles. The lowest BCUT2D eigenvalue weighted by molar-refractivity contribution is 0.0594. The molecule has 0 atom stereocenters. The minimum absolute atomic E-state index is 0.110. The maximum absolute atomic E-state index is 11.9. The number of hydrogen-bond acceptors (Lipinski definition) is 6. The Labute approximate surface area is 115 Å². The van der Waals surface area contributed by atoms with Crippen molar-refractivity contribution >= 4 is 23.2 Å². The molecule has 0 fully saturated rings. The van der Waals surface area contributed by atoms with Gasteiger partial charge >= 0.3 is 5.97 Å². The monoisotopic (exact) mass is 278 g/mol. The Balaban J connectivity index is 2.80. The molecule has 0 saturated heterocycles. The molecule has 6 nitrogen and oxygen atoms in total. The quantitative estimate of drug-likeness (QED) is 0.616. The Kier molecular flexibility index (Phi) is 4.05. The molecule has 2 rings (SSSR count). The molecule has 0 saturated carbocycles. The molecular weight excluding hydrogens is 264 g/mol. The van der Waals surface area contributed by atoms with Crippen LogP contribution in [0.25, 0.3) is 11.0 Å². The number of furan rings is 1. The van der Waals surface area contributed by atoms with Crippen LogP contribution < -0.4 is 4.74 Å². The average Bonchev–Trinajstić information content (AvgIpc) is 2.83. The SMILES string of the molecule is COCc1oc2c(OC)cc(C=O)cc2c1C(=O)OC. The Morgan fingerprint density at radius 2 is 2.05 bits per heavy atom. The van der Waals surface area contributed by atoms with E-state index >= 15 is 0 Å². The van der Waals surface area contributed by atoms with E-state index < -0.39 is 5.97 Å². The highest BCUT2D eigenvalue weighted by Gasteiger charge is 2.24. The van der Waals surface area contributed by atoms with E-state index in [1.807, 2.05) is 0 Å². The molecule has 106 valence electrons. The van der Waals surface area contributed by atoms with Crippen LogP contribution in [0.4, 0.5) is 0 Å². The number of methoxy groups -OCH3 is 3. The minimum atomic E-state index is -0.555. The summed E-state index contributed by atoms with van der Waals surface area (Å²) in [5.41, 5.74) is 1.00. The van der Waals surface area contributed by atoms with Gasteiger partial charge in [-0.2, -0.15) is 0 Å². The van der Waals surface area contributed by atoms with Crippen molar-refractivity contribution in [2.24, 2.45) is 0 Å². The summed E-state index contributed by atoms with van der Waals surface area (Å²) in [6, 6.07) is 3.09. The molecule has 0 N–H and O–H groups in total. The standard InChI is InChI=1S/C14H14O6/c1-17-7-11-12(14(16)19-3)9-4-8(6-15)5-10(18-2)13(9)20-11/h4-6H,7H2,1-3H3. The number of rotatable bonds is 5.